The maximum absolute atomic E-state index is 12.0. The number of sulfonamides is 1. The molecule has 0 spiro atoms. The summed E-state index contributed by atoms with van der Waals surface area (Å²) in [5, 5.41) is 2.69. The number of nitrogens with two attached hydrogens (primary N) is 1. The fourth-order valence-electron chi connectivity index (χ4n) is 1.91. The Morgan fingerprint density at radius 2 is 1.88 bits per heavy atom. The van der Waals surface area contributed by atoms with Crippen molar-refractivity contribution in [2.75, 3.05) is 12.8 Å². The second-order valence-electron chi connectivity index (χ2n) is 5.09. The average Bonchev–Trinajstić information content (AvgIpc) is 2.99. The standard InChI is InChI=1S/C15H19N3O4S.ClH/c1-23(20,21)18-9-12-7-8-14(22-12)15(19)17-10-13(16)11-5-3-2-4-6-11;/h2-8,13,18H,9-10,16H2,1H3,(H,17,19);1H. The molecule has 0 saturated heterocycles. The Labute approximate surface area is 147 Å². The number of carbonyl (C=O) groups excluding carboxylic acids is 1. The van der Waals surface area contributed by atoms with Crippen LogP contribution >= 0.6 is 12.4 Å². The lowest BCUT2D eigenvalue weighted by Gasteiger charge is -2.12. The van der Waals surface area contributed by atoms with Crippen molar-refractivity contribution in [1.82, 2.24) is 10.0 Å². The highest BCUT2D eigenvalue weighted by molar-refractivity contribution is 7.88. The first kappa shape index (κ1) is 20.2. The van der Waals surface area contributed by atoms with Crippen LogP contribution in [-0.2, 0) is 16.6 Å². The summed E-state index contributed by atoms with van der Waals surface area (Å²) >= 11 is 0. The highest BCUT2D eigenvalue weighted by Crippen LogP contribution is 2.10. The van der Waals surface area contributed by atoms with Crippen LogP contribution in [0.2, 0.25) is 0 Å². The number of hydrogen-bond donors (Lipinski definition) is 3. The molecule has 7 nitrogen and oxygen atoms in total. The van der Waals surface area contributed by atoms with Gasteiger partial charge >= 0.3 is 0 Å². The predicted molar refractivity (Wildman–Crippen MR) is 93.3 cm³/mol. The topological polar surface area (TPSA) is 114 Å². The highest BCUT2D eigenvalue weighted by atomic mass is 35.5. The molecule has 132 valence electrons. The van der Waals surface area contributed by atoms with E-state index < -0.39 is 15.9 Å². The minimum atomic E-state index is -3.31. The molecule has 1 amide bonds. The lowest BCUT2D eigenvalue weighted by Crippen LogP contribution is -2.31. The minimum Gasteiger partial charge on any atom is -0.455 e. The third kappa shape index (κ3) is 6.32. The second-order valence-corrected chi connectivity index (χ2v) is 6.92. The number of furan rings is 1. The van der Waals surface area contributed by atoms with Crippen LogP contribution < -0.4 is 15.8 Å². The van der Waals surface area contributed by atoms with Crippen LogP contribution in [0, 0.1) is 0 Å². The largest absolute Gasteiger partial charge is 0.455 e. The first-order valence-corrected chi connectivity index (χ1v) is 8.86. The lowest BCUT2D eigenvalue weighted by molar-refractivity contribution is 0.0921. The van der Waals surface area contributed by atoms with Gasteiger partial charge in [-0.3, -0.25) is 4.79 Å². The van der Waals surface area contributed by atoms with E-state index in [2.05, 4.69) is 10.0 Å². The first-order valence-electron chi connectivity index (χ1n) is 6.97. The van der Waals surface area contributed by atoms with E-state index in [1.165, 1.54) is 6.07 Å². The molecular formula is C15H20ClN3O4S. The molecule has 1 aromatic carbocycles. The van der Waals surface area contributed by atoms with Gasteiger partial charge in [0, 0.05) is 12.6 Å². The fraction of sp³-hybridized carbons (Fsp3) is 0.267. The van der Waals surface area contributed by atoms with Crippen molar-refractivity contribution in [3.63, 3.8) is 0 Å². The highest BCUT2D eigenvalue weighted by Gasteiger charge is 2.14. The number of nitrogens with one attached hydrogen (secondary N) is 2. The summed E-state index contributed by atoms with van der Waals surface area (Å²) in [5.74, 6) is 0.0606. The molecule has 2 aromatic rings. The molecule has 1 atom stereocenters. The van der Waals surface area contributed by atoms with Gasteiger partial charge < -0.3 is 15.5 Å². The van der Waals surface area contributed by atoms with Gasteiger partial charge in [-0.1, -0.05) is 30.3 Å². The minimum absolute atomic E-state index is 0. The summed E-state index contributed by atoms with van der Waals surface area (Å²) < 4.78 is 29.6. The maximum atomic E-state index is 12.0. The zero-order valence-electron chi connectivity index (χ0n) is 13.1. The molecule has 0 bridgehead atoms. The quantitative estimate of drug-likeness (QED) is 0.674. The van der Waals surface area contributed by atoms with E-state index in [4.69, 9.17) is 10.2 Å². The molecule has 4 N–H and O–H groups in total. The van der Waals surface area contributed by atoms with Gasteiger partial charge in [-0.05, 0) is 17.7 Å². The molecule has 1 aromatic heterocycles. The van der Waals surface area contributed by atoms with E-state index in [-0.39, 0.29) is 37.3 Å². The zero-order chi connectivity index (χ0) is 16.9. The average molecular weight is 374 g/mol. The summed E-state index contributed by atoms with van der Waals surface area (Å²) in [6, 6.07) is 12.1. The molecule has 0 aliphatic rings. The number of hydrogen-bond acceptors (Lipinski definition) is 5. The molecule has 2 rings (SSSR count). The molecule has 24 heavy (non-hydrogen) atoms. The van der Waals surface area contributed by atoms with Crippen LogP contribution in [0.5, 0.6) is 0 Å². The molecule has 0 aliphatic heterocycles. The van der Waals surface area contributed by atoms with Crippen molar-refractivity contribution < 1.29 is 17.6 Å². The van der Waals surface area contributed by atoms with Gasteiger partial charge in [0.15, 0.2) is 5.76 Å². The van der Waals surface area contributed by atoms with Crippen molar-refractivity contribution in [2.24, 2.45) is 5.73 Å². The van der Waals surface area contributed by atoms with Crippen molar-refractivity contribution in [3.8, 4) is 0 Å². The smallest absolute Gasteiger partial charge is 0.287 e. The third-order valence-corrected chi connectivity index (χ3v) is 3.77. The van der Waals surface area contributed by atoms with E-state index in [9.17, 15) is 13.2 Å². The van der Waals surface area contributed by atoms with Gasteiger partial charge in [0.05, 0.1) is 12.8 Å². The summed E-state index contributed by atoms with van der Waals surface area (Å²) in [4.78, 5) is 12.0. The van der Waals surface area contributed by atoms with E-state index in [1.807, 2.05) is 30.3 Å². The van der Waals surface area contributed by atoms with Crippen molar-refractivity contribution >= 4 is 28.3 Å². The first-order chi connectivity index (χ1) is 10.8. The lowest BCUT2D eigenvalue weighted by atomic mass is 10.1. The Morgan fingerprint density at radius 3 is 2.50 bits per heavy atom. The Morgan fingerprint density at radius 1 is 1.21 bits per heavy atom. The van der Waals surface area contributed by atoms with Crippen molar-refractivity contribution in [3.05, 3.63) is 59.5 Å². The van der Waals surface area contributed by atoms with Gasteiger partial charge in [-0.15, -0.1) is 12.4 Å². The zero-order valence-corrected chi connectivity index (χ0v) is 14.7. The Balaban J connectivity index is 0.00000288. The third-order valence-electron chi connectivity index (χ3n) is 3.10. The summed E-state index contributed by atoms with van der Waals surface area (Å²) in [5.41, 5.74) is 6.92. The van der Waals surface area contributed by atoms with Crippen LogP contribution in [0.25, 0.3) is 0 Å². The number of benzene rings is 1. The Kier molecular flexibility index (Phi) is 7.43. The van der Waals surface area contributed by atoms with Gasteiger partial charge in [-0.25, -0.2) is 13.1 Å². The van der Waals surface area contributed by atoms with E-state index in [0.717, 1.165) is 11.8 Å². The SMILES string of the molecule is CS(=O)(=O)NCc1ccc(C(=O)NCC(N)c2ccccc2)o1.Cl. The molecule has 0 saturated carbocycles. The summed E-state index contributed by atoms with van der Waals surface area (Å²) in [6.07, 6.45) is 1.05. The summed E-state index contributed by atoms with van der Waals surface area (Å²) in [6.45, 7) is 0.260. The normalized spacial score (nSPS) is 12.2. The van der Waals surface area contributed by atoms with E-state index >= 15 is 0 Å². The van der Waals surface area contributed by atoms with E-state index in [1.54, 1.807) is 6.07 Å². The maximum Gasteiger partial charge on any atom is 0.287 e. The molecular weight excluding hydrogens is 354 g/mol. The Hall–Kier alpha value is -1.87. The monoisotopic (exact) mass is 373 g/mol. The molecule has 1 heterocycles. The second kappa shape index (κ2) is 8.84. The van der Waals surface area contributed by atoms with E-state index in [0.29, 0.717) is 5.76 Å². The molecule has 0 aliphatic carbocycles. The van der Waals surface area contributed by atoms with Crippen LogP contribution in [0.1, 0.15) is 27.9 Å². The van der Waals surface area contributed by atoms with Crippen LogP contribution in [0.4, 0.5) is 0 Å². The Bertz CT molecular complexity index is 762. The van der Waals surface area contributed by atoms with Crippen LogP contribution in [0.15, 0.2) is 46.9 Å². The number of halogens is 1. The number of amides is 1. The number of rotatable bonds is 7. The van der Waals surface area contributed by atoms with Crippen LogP contribution in [-0.4, -0.2) is 27.1 Å². The van der Waals surface area contributed by atoms with Gasteiger partial charge in [0.1, 0.15) is 5.76 Å². The molecule has 0 radical (unpaired) electrons. The van der Waals surface area contributed by atoms with Crippen molar-refractivity contribution in [1.29, 1.82) is 0 Å². The fourth-order valence-corrected chi connectivity index (χ4v) is 2.31. The summed E-state index contributed by atoms with van der Waals surface area (Å²) in [7, 11) is -3.31. The van der Waals surface area contributed by atoms with Crippen molar-refractivity contribution in [2.45, 2.75) is 12.6 Å². The predicted octanol–water partition coefficient (Wildman–Crippen LogP) is 1.18. The van der Waals surface area contributed by atoms with Gasteiger partial charge in [-0.2, -0.15) is 0 Å². The number of carbonyl (C=O) groups is 1. The van der Waals surface area contributed by atoms with Gasteiger partial charge in [0.2, 0.25) is 10.0 Å². The molecule has 1 unspecified atom stereocenters. The molecule has 9 heteroatoms. The molecule has 0 fully saturated rings. The van der Waals surface area contributed by atoms with Crippen LogP contribution in [0.3, 0.4) is 0 Å². The van der Waals surface area contributed by atoms with Gasteiger partial charge in [0.25, 0.3) is 5.91 Å².